The van der Waals surface area contributed by atoms with Gasteiger partial charge in [-0.25, -0.2) is 4.98 Å². The zero-order valence-corrected chi connectivity index (χ0v) is 9.04. The van der Waals surface area contributed by atoms with Gasteiger partial charge in [0.05, 0.1) is 6.54 Å². The maximum absolute atomic E-state index is 4.15. The second-order valence-electron chi connectivity index (χ2n) is 3.69. The molecular weight excluding hydrogens is 186 g/mol. The molecule has 0 aliphatic rings. The second-order valence-corrected chi connectivity index (χ2v) is 3.69. The van der Waals surface area contributed by atoms with Crippen molar-refractivity contribution < 1.29 is 0 Å². The molecule has 78 valence electrons. The topological polar surface area (TPSA) is 40.7 Å². The molecule has 0 unspecified atom stereocenters. The Morgan fingerprint density at radius 1 is 1.27 bits per heavy atom. The van der Waals surface area contributed by atoms with E-state index in [0.717, 1.165) is 18.1 Å². The van der Waals surface area contributed by atoms with Gasteiger partial charge in [0, 0.05) is 18.1 Å². The molecule has 3 nitrogen and oxygen atoms in total. The zero-order valence-electron chi connectivity index (χ0n) is 9.04. The van der Waals surface area contributed by atoms with E-state index in [4.69, 9.17) is 0 Å². The fourth-order valence-electron chi connectivity index (χ4n) is 1.43. The van der Waals surface area contributed by atoms with Crippen LogP contribution in [0.25, 0.3) is 0 Å². The van der Waals surface area contributed by atoms with Crippen LogP contribution in [0.15, 0.2) is 30.6 Å². The number of H-pyrrole nitrogens is 1. The first-order valence-corrected chi connectivity index (χ1v) is 5.05. The molecule has 0 fully saturated rings. The monoisotopic (exact) mass is 201 g/mol. The summed E-state index contributed by atoms with van der Waals surface area (Å²) in [4.78, 5) is 7.21. The van der Waals surface area contributed by atoms with Gasteiger partial charge in [-0.3, -0.25) is 0 Å². The summed E-state index contributed by atoms with van der Waals surface area (Å²) in [5, 5.41) is 3.32. The van der Waals surface area contributed by atoms with Gasteiger partial charge in [0.15, 0.2) is 0 Å². The van der Waals surface area contributed by atoms with E-state index in [2.05, 4.69) is 47.3 Å². The van der Waals surface area contributed by atoms with E-state index in [0.29, 0.717) is 0 Å². The number of aromatic amines is 1. The van der Waals surface area contributed by atoms with E-state index in [1.807, 2.05) is 6.20 Å². The summed E-state index contributed by atoms with van der Waals surface area (Å²) >= 11 is 0. The molecule has 0 spiro atoms. The van der Waals surface area contributed by atoms with Gasteiger partial charge in [0.2, 0.25) is 0 Å². The predicted octanol–water partition coefficient (Wildman–Crippen LogP) is 2.64. The molecule has 1 aromatic carbocycles. The van der Waals surface area contributed by atoms with Crippen LogP contribution in [0.2, 0.25) is 0 Å². The summed E-state index contributed by atoms with van der Waals surface area (Å²) in [5.74, 6) is 0.952. The molecule has 0 saturated carbocycles. The van der Waals surface area contributed by atoms with E-state index in [-0.39, 0.29) is 0 Å². The minimum atomic E-state index is 0.732. The molecule has 15 heavy (non-hydrogen) atoms. The highest BCUT2D eigenvalue weighted by atomic mass is 15.0. The quantitative estimate of drug-likeness (QED) is 0.801. The summed E-state index contributed by atoms with van der Waals surface area (Å²) in [6, 6.07) is 6.36. The minimum Gasteiger partial charge on any atom is -0.378 e. The number of benzene rings is 1. The van der Waals surface area contributed by atoms with Gasteiger partial charge < -0.3 is 10.3 Å². The number of imidazole rings is 1. The Bertz CT molecular complexity index is 432. The molecule has 2 rings (SSSR count). The van der Waals surface area contributed by atoms with E-state index in [9.17, 15) is 0 Å². The minimum absolute atomic E-state index is 0.732. The van der Waals surface area contributed by atoms with Crippen molar-refractivity contribution in [1.29, 1.82) is 0 Å². The molecule has 0 aliphatic carbocycles. The lowest BCUT2D eigenvalue weighted by Crippen LogP contribution is -2.01. The van der Waals surface area contributed by atoms with E-state index in [1.165, 1.54) is 11.1 Å². The molecule has 0 aliphatic heterocycles. The van der Waals surface area contributed by atoms with Crippen molar-refractivity contribution >= 4 is 5.69 Å². The Balaban J connectivity index is 2.02. The summed E-state index contributed by atoms with van der Waals surface area (Å²) in [5.41, 5.74) is 3.76. The third kappa shape index (κ3) is 2.37. The van der Waals surface area contributed by atoms with E-state index < -0.39 is 0 Å². The van der Waals surface area contributed by atoms with Crippen molar-refractivity contribution in [3.63, 3.8) is 0 Å². The third-order valence-electron chi connectivity index (χ3n) is 2.52. The fourth-order valence-corrected chi connectivity index (χ4v) is 1.43. The fraction of sp³-hybridized carbons (Fsp3) is 0.250. The van der Waals surface area contributed by atoms with Crippen molar-refractivity contribution in [3.05, 3.63) is 47.5 Å². The maximum Gasteiger partial charge on any atom is 0.125 e. The molecule has 1 aromatic heterocycles. The molecule has 2 aromatic rings. The Morgan fingerprint density at radius 3 is 2.80 bits per heavy atom. The van der Waals surface area contributed by atoms with Crippen LogP contribution < -0.4 is 5.32 Å². The van der Waals surface area contributed by atoms with Crippen LogP contribution in [0.1, 0.15) is 17.0 Å². The number of aromatic nitrogens is 2. The summed E-state index contributed by atoms with van der Waals surface area (Å²) < 4.78 is 0. The van der Waals surface area contributed by atoms with Crippen LogP contribution in [-0.4, -0.2) is 9.97 Å². The molecule has 3 heteroatoms. The first kappa shape index (κ1) is 9.77. The average Bonchev–Trinajstić information content (AvgIpc) is 2.73. The van der Waals surface area contributed by atoms with E-state index in [1.54, 1.807) is 6.20 Å². The highest BCUT2D eigenvalue weighted by Crippen LogP contribution is 2.14. The highest BCUT2D eigenvalue weighted by molar-refractivity contribution is 5.48. The van der Waals surface area contributed by atoms with Crippen LogP contribution in [0, 0.1) is 13.8 Å². The number of hydrogen-bond donors (Lipinski definition) is 2. The Hall–Kier alpha value is -1.77. The smallest absolute Gasteiger partial charge is 0.125 e. The van der Waals surface area contributed by atoms with Crippen molar-refractivity contribution in [1.82, 2.24) is 9.97 Å². The third-order valence-corrected chi connectivity index (χ3v) is 2.52. The van der Waals surface area contributed by atoms with Crippen molar-refractivity contribution in [3.8, 4) is 0 Å². The van der Waals surface area contributed by atoms with Crippen LogP contribution >= 0.6 is 0 Å². The lowest BCUT2D eigenvalue weighted by molar-refractivity contribution is 0.999. The van der Waals surface area contributed by atoms with Gasteiger partial charge in [-0.1, -0.05) is 6.07 Å². The lowest BCUT2D eigenvalue weighted by atomic mass is 10.1. The summed E-state index contributed by atoms with van der Waals surface area (Å²) in [6.45, 7) is 4.97. The predicted molar refractivity (Wildman–Crippen MR) is 61.8 cm³/mol. The van der Waals surface area contributed by atoms with E-state index >= 15 is 0 Å². The van der Waals surface area contributed by atoms with Crippen LogP contribution in [0.3, 0.4) is 0 Å². The van der Waals surface area contributed by atoms with Gasteiger partial charge in [-0.05, 0) is 37.1 Å². The number of aryl methyl sites for hydroxylation is 2. The van der Waals surface area contributed by atoms with Crippen LogP contribution in [0.4, 0.5) is 5.69 Å². The van der Waals surface area contributed by atoms with Crippen LogP contribution in [0.5, 0.6) is 0 Å². The van der Waals surface area contributed by atoms with Crippen molar-refractivity contribution in [2.45, 2.75) is 20.4 Å². The maximum atomic E-state index is 4.15. The number of hydrogen-bond acceptors (Lipinski definition) is 2. The van der Waals surface area contributed by atoms with Gasteiger partial charge >= 0.3 is 0 Å². The van der Waals surface area contributed by atoms with Crippen molar-refractivity contribution in [2.24, 2.45) is 0 Å². The summed E-state index contributed by atoms with van der Waals surface area (Å²) in [7, 11) is 0. The number of rotatable bonds is 3. The van der Waals surface area contributed by atoms with Crippen LogP contribution in [-0.2, 0) is 6.54 Å². The Labute approximate surface area is 89.6 Å². The first-order valence-electron chi connectivity index (χ1n) is 5.05. The standard InChI is InChI=1S/C12H15N3/c1-9-3-4-11(7-10(9)2)15-8-12-13-5-6-14-12/h3-7,15H,8H2,1-2H3,(H,13,14). The largest absolute Gasteiger partial charge is 0.378 e. The van der Waals surface area contributed by atoms with Crippen molar-refractivity contribution in [2.75, 3.05) is 5.32 Å². The van der Waals surface area contributed by atoms with Gasteiger partial charge in [0.1, 0.15) is 5.82 Å². The molecule has 1 heterocycles. The Kier molecular flexibility index (Phi) is 2.72. The van der Waals surface area contributed by atoms with Gasteiger partial charge in [0.25, 0.3) is 0 Å². The molecule has 2 N–H and O–H groups in total. The molecule has 0 saturated heterocycles. The SMILES string of the molecule is Cc1ccc(NCc2ncc[nH]2)cc1C. The molecule has 0 bridgehead atoms. The van der Waals surface area contributed by atoms with Gasteiger partial charge in [-0.2, -0.15) is 0 Å². The summed E-state index contributed by atoms with van der Waals surface area (Å²) in [6.07, 6.45) is 3.59. The normalized spacial score (nSPS) is 10.3. The second kappa shape index (κ2) is 4.17. The molecule has 0 atom stereocenters. The molecule has 0 radical (unpaired) electrons. The lowest BCUT2D eigenvalue weighted by Gasteiger charge is -2.07. The zero-order chi connectivity index (χ0) is 10.7. The van der Waals surface area contributed by atoms with Gasteiger partial charge in [-0.15, -0.1) is 0 Å². The average molecular weight is 201 g/mol. The highest BCUT2D eigenvalue weighted by Gasteiger charge is 1.97. The number of nitrogens with zero attached hydrogens (tertiary/aromatic N) is 1. The molecular formula is C12H15N3. The first-order chi connectivity index (χ1) is 7.25. The Morgan fingerprint density at radius 2 is 2.13 bits per heavy atom. The number of nitrogens with one attached hydrogen (secondary N) is 2. The number of anilines is 1. The molecule has 0 amide bonds.